The van der Waals surface area contributed by atoms with Gasteiger partial charge in [0.2, 0.25) is 11.9 Å². The van der Waals surface area contributed by atoms with Gasteiger partial charge < -0.3 is 82.7 Å². The van der Waals surface area contributed by atoms with Gasteiger partial charge in [-0.15, -0.1) is 0 Å². The minimum Gasteiger partial charge on any atom is -0.506 e. The Morgan fingerprint density at radius 2 is 1.66 bits per heavy atom. The van der Waals surface area contributed by atoms with E-state index in [1.54, 1.807) is 26.8 Å². The first-order valence-electron chi connectivity index (χ1n) is 20.8. The minimum atomic E-state index is -2.45. The molecule has 5 aliphatic rings. The molecule has 0 bridgehead atoms. The summed E-state index contributed by atoms with van der Waals surface area (Å²) in [6, 6.07) is 1.69. The molecule has 5 heterocycles. The third-order valence-electron chi connectivity index (χ3n) is 13.2. The van der Waals surface area contributed by atoms with Gasteiger partial charge in [-0.25, -0.2) is 0 Å². The number of carbonyl (C=O) groups is 3. The minimum absolute atomic E-state index is 0.0153. The zero-order valence-corrected chi connectivity index (χ0v) is 39.5. The number of rotatable bonds is 13. The van der Waals surface area contributed by atoms with E-state index in [4.69, 9.17) is 52.1 Å². The van der Waals surface area contributed by atoms with Crippen molar-refractivity contribution in [1.82, 2.24) is 0 Å². The number of epoxide rings is 1. The second-order valence-electron chi connectivity index (χ2n) is 17.5. The topological polar surface area (TPSA) is 277 Å². The number of benzene rings is 2. The maximum absolute atomic E-state index is 14.2. The number of Topliss-reactive ketones (excluding diaryl/α,β-unsaturated/α-hetero) is 2. The average molecular weight is 1020 g/mol. The van der Waals surface area contributed by atoms with Gasteiger partial charge in [0.05, 0.1) is 53.0 Å². The Balaban J connectivity index is 1.41. The van der Waals surface area contributed by atoms with Crippen molar-refractivity contribution < 1.29 is 97.1 Å². The molecule has 0 aliphatic carbocycles. The van der Waals surface area contributed by atoms with E-state index in [1.807, 2.05) is 0 Å². The van der Waals surface area contributed by atoms with Crippen LogP contribution in [-0.4, -0.2) is 160 Å². The Labute approximate surface area is 382 Å². The highest BCUT2D eigenvalue weighted by Crippen LogP contribution is 2.67. The number of ketones is 2. The highest BCUT2D eigenvalue weighted by molar-refractivity contribution is 14.1. The molecule has 0 saturated carbocycles. The number of alkyl halides is 1. The lowest BCUT2D eigenvalue weighted by molar-refractivity contribution is -0.356. The van der Waals surface area contributed by atoms with Crippen molar-refractivity contribution in [2.45, 2.75) is 162 Å². The second kappa shape index (κ2) is 17.0. The molecule has 0 radical (unpaired) electrons. The van der Waals surface area contributed by atoms with Gasteiger partial charge in [0.25, 0.3) is 11.6 Å². The molecule has 21 heteroatoms. The third kappa shape index (κ3) is 7.24. The fourth-order valence-electron chi connectivity index (χ4n) is 10.0. The lowest BCUT2D eigenvalue weighted by Gasteiger charge is -2.49. The average Bonchev–Trinajstić information content (AvgIpc) is 3.99. The van der Waals surface area contributed by atoms with Crippen LogP contribution in [0.5, 0.6) is 17.2 Å². The van der Waals surface area contributed by atoms with Crippen LogP contribution in [0.15, 0.2) is 6.07 Å². The monoisotopic (exact) mass is 1020 g/mol. The molecule has 12 unspecified atom stereocenters. The number of phenolic OH excluding ortho intramolecular Hbond substituents is 1. The van der Waals surface area contributed by atoms with E-state index >= 15 is 0 Å². The molecule has 1 spiro atoms. The normalized spacial score (nSPS) is 38.9. The number of aliphatic hydroxyl groups is 5. The Hall–Kier alpha value is -2.88. The molecule has 0 aromatic heterocycles. The SMILES string of the molecule is COc1c([C@H](C)OC2CC(C)(O)C(OC(C)=O)C(C)O2)c(C(=O)C(C)O)c(O)c2c3c(c(C)cc12)C(I)C1OC(O)(C(OC)OC)[C@]2(CO2)[C@]1(OC1CC(O)C(O)(C(C)=O)C(C)O1)O3. The first-order valence-corrected chi connectivity index (χ1v) is 22.1. The highest BCUT2D eigenvalue weighted by Gasteiger charge is 2.89. The van der Waals surface area contributed by atoms with Crippen molar-refractivity contribution in [3.63, 3.8) is 0 Å². The van der Waals surface area contributed by atoms with Crippen LogP contribution in [0, 0.1) is 6.92 Å². The maximum Gasteiger partial charge on any atom is 0.303 e. The van der Waals surface area contributed by atoms with Crippen LogP contribution >= 0.6 is 22.6 Å². The van der Waals surface area contributed by atoms with Gasteiger partial charge in [-0.3, -0.25) is 14.4 Å². The molecular formula is C43H57IO20. The van der Waals surface area contributed by atoms with Crippen molar-refractivity contribution in [3.8, 4) is 17.2 Å². The summed E-state index contributed by atoms with van der Waals surface area (Å²) in [6.07, 6.45) is -13.6. The summed E-state index contributed by atoms with van der Waals surface area (Å²) in [5, 5.41) is 69.8. The van der Waals surface area contributed by atoms with Crippen LogP contribution in [-0.2, 0) is 52.2 Å². The zero-order chi connectivity index (χ0) is 47.4. The lowest BCUT2D eigenvalue weighted by atomic mass is 9.81. The quantitative estimate of drug-likeness (QED) is 0.0419. The van der Waals surface area contributed by atoms with E-state index in [9.17, 15) is 45.0 Å². The fraction of sp³-hybridized carbons (Fsp3) is 0.698. The lowest BCUT2D eigenvalue weighted by Crippen LogP contribution is -2.68. The second-order valence-corrected chi connectivity index (χ2v) is 18.8. The van der Waals surface area contributed by atoms with Crippen LogP contribution < -0.4 is 9.47 Å². The molecule has 5 aliphatic heterocycles. The van der Waals surface area contributed by atoms with Gasteiger partial charge in [0, 0.05) is 50.5 Å². The van der Waals surface area contributed by atoms with Crippen LogP contribution in [0.25, 0.3) is 10.8 Å². The molecule has 15 atom stereocenters. The number of esters is 1. The molecule has 356 valence electrons. The van der Waals surface area contributed by atoms with Gasteiger partial charge in [-0.1, -0.05) is 22.6 Å². The molecule has 6 N–H and O–H groups in total. The summed E-state index contributed by atoms with van der Waals surface area (Å²) < 4.78 is 66.4. The van der Waals surface area contributed by atoms with E-state index < -0.39 is 129 Å². The standard InChI is InChI=1S/C43H57IO20/c1-16-12-23-29(33(50)30(32(49)17(2)45)28(34(23)54-9)18(3)58-26-14-39(8,51)36(19(4)59-26)61-22(7)47)35-27(16)31(44)37-43(63-35,40(15-57-40)42(53,64-37)38(55-10)56-11)62-25-13-24(48)41(52,20(5)46)21(6)60-25/h12,17-19,21,24-26,31,36-38,45,48,50-53H,13-15H2,1-11H3/t17?,18-,19?,21?,24?,25?,26?,31?,36?,37?,39?,40+,41?,42?,43+/m0/s1. The van der Waals surface area contributed by atoms with Crippen molar-refractivity contribution >= 4 is 50.9 Å². The van der Waals surface area contributed by atoms with Gasteiger partial charge in [0.15, 0.2) is 35.9 Å². The molecule has 7 rings (SSSR count). The number of ether oxygens (including phenoxy) is 11. The van der Waals surface area contributed by atoms with Gasteiger partial charge in [0.1, 0.15) is 35.1 Å². The number of fused-ring (bicyclic) bond motifs is 5. The number of aryl methyl sites for hydroxylation is 1. The Kier molecular flexibility index (Phi) is 13.0. The van der Waals surface area contributed by atoms with Crippen molar-refractivity contribution in [2.75, 3.05) is 27.9 Å². The predicted octanol–water partition coefficient (Wildman–Crippen LogP) is 2.19. The molecule has 64 heavy (non-hydrogen) atoms. The summed E-state index contributed by atoms with van der Waals surface area (Å²) >= 11 is 2.07. The molecule has 2 aromatic rings. The first kappa shape index (κ1) is 49.0. The van der Waals surface area contributed by atoms with Crippen molar-refractivity contribution in [2.24, 2.45) is 0 Å². The summed E-state index contributed by atoms with van der Waals surface area (Å²) in [6.45, 7) is 11.1. The number of carbonyl (C=O) groups excluding carboxylic acids is 3. The van der Waals surface area contributed by atoms with Gasteiger partial charge in [-0.05, 0) is 60.1 Å². The van der Waals surface area contributed by atoms with Crippen LogP contribution in [0.3, 0.4) is 0 Å². The Morgan fingerprint density at radius 1 is 1.02 bits per heavy atom. The molecule has 4 fully saturated rings. The van der Waals surface area contributed by atoms with Crippen molar-refractivity contribution in [1.29, 1.82) is 0 Å². The number of aromatic hydroxyl groups is 1. The number of hydrogen-bond acceptors (Lipinski definition) is 20. The van der Waals surface area contributed by atoms with E-state index in [0.29, 0.717) is 11.1 Å². The summed E-state index contributed by atoms with van der Waals surface area (Å²) in [4.78, 5) is 38.6. The largest absolute Gasteiger partial charge is 0.506 e. The summed E-state index contributed by atoms with van der Waals surface area (Å²) in [5.74, 6) is -7.69. The van der Waals surface area contributed by atoms with E-state index in [2.05, 4.69) is 22.6 Å². The molecule has 2 aromatic carbocycles. The fourth-order valence-corrected chi connectivity index (χ4v) is 11.4. The number of phenols is 1. The Bertz CT molecular complexity index is 2180. The molecule has 0 amide bonds. The predicted molar refractivity (Wildman–Crippen MR) is 226 cm³/mol. The summed E-state index contributed by atoms with van der Waals surface area (Å²) in [5.41, 5.74) is -5.26. The first-order chi connectivity index (χ1) is 29.8. The van der Waals surface area contributed by atoms with E-state index in [0.717, 1.165) is 6.92 Å². The maximum atomic E-state index is 14.2. The summed E-state index contributed by atoms with van der Waals surface area (Å²) in [7, 11) is 3.89. The number of aliphatic hydroxyl groups excluding tert-OH is 2. The van der Waals surface area contributed by atoms with Crippen molar-refractivity contribution in [3.05, 3.63) is 28.3 Å². The third-order valence-corrected chi connectivity index (χ3v) is 14.5. The number of halogens is 1. The van der Waals surface area contributed by atoms with Crippen LogP contribution in [0.4, 0.5) is 0 Å². The molecule has 4 saturated heterocycles. The molecule has 20 nitrogen and oxygen atoms in total. The smallest absolute Gasteiger partial charge is 0.303 e. The zero-order valence-electron chi connectivity index (χ0n) is 37.3. The number of methoxy groups -OCH3 is 3. The van der Waals surface area contributed by atoms with Crippen LogP contribution in [0.2, 0.25) is 0 Å². The van der Waals surface area contributed by atoms with E-state index in [-0.39, 0.29) is 40.9 Å². The van der Waals surface area contributed by atoms with Gasteiger partial charge in [-0.2, -0.15) is 0 Å². The highest BCUT2D eigenvalue weighted by atomic mass is 127. The Morgan fingerprint density at radius 3 is 2.17 bits per heavy atom. The van der Waals surface area contributed by atoms with Crippen LogP contribution in [0.1, 0.15) is 98.4 Å². The molecular weight excluding hydrogens is 963 g/mol. The van der Waals surface area contributed by atoms with Gasteiger partial charge >= 0.3 is 5.97 Å². The van der Waals surface area contributed by atoms with E-state index in [1.165, 1.54) is 49.0 Å². The number of hydrogen-bond donors (Lipinski definition) is 6.